The predicted octanol–water partition coefficient (Wildman–Crippen LogP) is 2.95. The van der Waals surface area contributed by atoms with Crippen molar-refractivity contribution < 1.29 is 18.9 Å². The second kappa shape index (κ2) is 8.20. The van der Waals surface area contributed by atoms with Crippen molar-refractivity contribution in [1.29, 1.82) is 0 Å². The van der Waals surface area contributed by atoms with Crippen LogP contribution in [0.15, 0.2) is 0 Å². The van der Waals surface area contributed by atoms with E-state index in [-0.39, 0.29) is 18.5 Å². The molecule has 0 amide bonds. The van der Waals surface area contributed by atoms with Crippen molar-refractivity contribution in [2.75, 3.05) is 26.4 Å². The maximum absolute atomic E-state index is 5.84. The van der Waals surface area contributed by atoms with Gasteiger partial charge in [0.1, 0.15) is 0 Å². The summed E-state index contributed by atoms with van der Waals surface area (Å²) in [5.41, 5.74) is 0. The van der Waals surface area contributed by atoms with E-state index in [0.717, 1.165) is 26.1 Å². The highest BCUT2D eigenvalue weighted by Gasteiger charge is 2.33. The van der Waals surface area contributed by atoms with Gasteiger partial charge in [0.2, 0.25) is 0 Å². The van der Waals surface area contributed by atoms with Gasteiger partial charge in [0, 0.05) is 5.92 Å². The Balaban J connectivity index is 1.65. The zero-order chi connectivity index (χ0) is 13.5. The summed E-state index contributed by atoms with van der Waals surface area (Å²) in [4.78, 5) is 0. The highest BCUT2D eigenvalue weighted by Crippen LogP contribution is 2.25. The van der Waals surface area contributed by atoms with Crippen LogP contribution in [0.3, 0.4) is 0 Å². The van der Waals surface area contributed by atoms with Gasteiger partial charge < -0.3 is 18.9 Å². The van der Waals surface area contributed by atoms with E-state index in [1.807, 2.05) is 0 Å². The topological polar surface area (TPSA) is 36.9 Å². The lowest BCUT2D eigenvalue weighted by Gasteiger charge is -2.37. The van der Waals surface area contributed by atoms with Gasteiger partial charge in [-0.1, -0.05) is 33.1 Å². The van der Waals surface area contributed by atoms with Crippen LogP contribution in [0, 0.1) is 11.8 Å². The molecule has 0 bridgehead atoms. The van der Waals surface area contributed by atoms with Gasteiger partial charge in [-0.05, 0) is 12.8 Å². The van der Waals surface area contributed by atoms with Crippen molar-refractivity contribution in [2.24, 2.45) is 11.8 Å². The Labute approximate surface area is 116 Å². The Bertz CT molecular complexity index is 230. The summed E-state index contributed by atoms with van der Waals surface area (Å²) in [6.07, 6.45) is 5.60. The van der Waals surface area contributed by atoms with Crippen LogP contribution in [0.2, 0.25) is 0 Å². The lowest BCUT2D eigenvalue weighted by Crippen LogP contribution is -2.44. The zero-order valence-electron chi connectivity index (χ0n) is 12.3. The Morgan fingerprint density at radius 1 is 0.789 bits per heavy atom. The smallest absolute Gasteiger partial charge is 0.164 e. The maximum Gasteiger partial charge on any atom is 0.164 e. The Morgan fingerprint density at radius 2 is 1.47 bits per heavy atom. The second-order valence-corrected chi connectivity index (χ2v) is 5.69. The van der Waals surface area contributed by atoms with Crippen molar-refractivity contribution in [2.45, 2.75) is 58.5 Å². The summed E-state index contributed by atoms with van der Waals surface area (Å²) in [6.45, 7) is 7.38. The van der Waals surface area contributed by atoms with Crippen molar-refractivity contribution in [3.8, 4) is 0 Å². The van der Waals surface area contributed by atoms with Gasteiger partial charge in [-0.2, -0.15) is 0 Å². The van der Waals surface area contributed by atoms with E-state index < -0.39 is 0 Å². The minimum Gasteiger partial charge on any atom is -0.352 e. The molecule has 0 aliphatic carbocycles. The first-order valence-electron chi connectivity index (χ1n) is 7.79. The molecule has 0 radical (unpaired) electrons. The van der Waals surface area contributed by atoms with Crippen LogP contribution in [0.1, 0.15) is 46.0 Å². The third-order valence-corrected chi connectivity index (χ3v) is 3.86. The zero-order valence-corrected chi connectivity index (χ0v) is 12.3. The van der Waals surface area contributed by atoms with Gasteiger partial charge in [-0.3, -0.25) is 0 Å². The largest absolute Gasteiger partial charge is 0.352 e. The number of hydrogen-bond acceptors (Lipinski definition) is 4. The standard InChI is InChI=1S/C15H28O4/c1-3-5-7-12-8-18-15(19-9-12)13-10-16-14(6-4-2)17-11-13/h12-15H,3-11H2,1-2H3/t12-,13-,14-,15-. The molecule has 4 heteroatoms. The molecule has 2 heterocycles. The van der Waals surface area contributed by atoms with Crippen LogP contribution in [0.5, 0.6) is 0 Å². The highest BCUT2D eigenvalue weighted by molar-refractivity contribution is 4.71. The van der Waals surface area contributed by atoms with Crippen molar-refractivity contribution in [3.63, 3.8) is 0 Å². The Hall–Kier alpha value is -0.160. The monoisotopic (exact) mass is 272 g/mol. The molecule has 0 aromatic heterocycles. The van der Waals surface area contributed by atoms with E-state index in [1.165, 1.54) is 19.3 Å². The molecule has 0 saturated carbocycles. The van der Waals surface area contributed by atoms with Crippen LogP contribution >= 0.6 is 0 Å². The molecule has 2 rings (SSSR count). The van der Waals surface area contributed by atoms with Crippen molar-refractivity contribution in [1.82, 2.24) is 0 Å². The molecular formula is C15H28O4. The van der Waals surface area contributed by atoms with Crippen LogP contribution in [-0.4, -0.2) is 39.0 Å². The lowest BCUT2D eigenvalue weighted by atomic mass is 10.0. The minimum absolute atomic E-state index is 0.0258. The quantitative estimate of drug-likeness (QED) is 0.745. The van der Waals surface area contributed by atoms with E-state index in [9.17, 15) is 0 Å². The molecule has 0 atom stereocenters. The third kappa shape index (κ3) is 4.71. The summed E-state index contributed by atoms with van der Waals surface area (Å²) in [5, 5.41) is 0. The van der Waals surface area contributed by atoms with E-state index in [0.29, 0.717) is 19.1 Å². The fourth-order valence-corrected chi connectivity index (χ4v) is 2.61. The first kappa shape index (κ1) is 15.2. The molecule has 112 valence electrons. The van der Waals surface area contributed by atoms with Crippen LogP contribution < -0.4 is 0 Å². The molecule has 2 saturated heterocycles. The molecule has 4 nitrogen and oxygen atoms in total. The van der Waals surface area contributed by atoms with Gasteiger partial charge in [-0.15, -0.1) is 0 Å². The molecule has 0 unspecified atom stereocenters. The summed E-state index contributed by atoms with van der Waals surface area (Å²) >= 11 is 0. The molecule has 0 aromatic rings. The summed E-state index contributed by atoms with van der Waals surface area (Å²) in [5.74, 6) is 0.787. The molecular weight excluding hydrogens is 244 g/mol. The van der Waals surface area contributed by atoms with Crippen molar-refractivity contribution in [3.05, 3.63) is 0 Å². The third-order valence-electron chi connectivity index (χ3n) is 3.86. The fourth-order valence-electron chi connectivity index (χ4n) is 2.61. The van der Waals surface area contributed by atoms with E-state index in [4.69, 9.17) is 18.9 Å². The van der Waals surface area contributed by atoms with E-state index in [2.05, 4.69) is 13.8 Å². The van der Waals surface area contributed by atoms with Crippen LogP contribution in [0.25, 0.3) is 0 Å². The highest BCUT2D eigenvalue weighted by atomic mass is 16.7. The van der Waals surface area contributed by atoms with Gasteiger partial charge in [0.25, 0.3) is 0 Å². The van der Waals surface area contributed by atoms with E-state index in [1.54, 1.807) is 0 Å². The first-order chi connectivity index (χ1) is 9.33. The molecule has 2 aliphatic rings. The Morgan fingerprint density at radius 3 is 2.05 bits per heavy atom. The first-order valence-corrected chi connectivity index (χ1v) is 7.79. The number of rotatable bonds is 6. The van der Waals surface area contributed by atoms with Gasteiger partial charge >= 0.3 is 0 Å². The number of ether oxygens (including phenoxy) is 4. The van der Waals surface area contributed by atoms with Crippen molar-refractivity contribution >= 4 is 0 Å². The average Bonchev–Trinajstić information content (AvgIpc) is 2.47. The molecule has 0 spiro atoms. The molecule has 0 N–H and O–H groups in total. The van der Waals surface area contributed by atoms with Gasteiger partial charge in [0.05, 0.1) is 32.3 Å². The van der Waals surface area contributed by atoms with Crippen LogP contribution in [-0.2, 0) is 18.9 Å². The summed E-state index contributed by atoms with van der Waals surface area (Å²) in [6, 6.07) is 0. The predicted molar refractivity (Wildman–Crippen MR) is 72.8 cm³/mol. The SMILES string of the molecule is CCCC[C@H]1CO[C@H]([C@H]2CO[C@H](CCC)OC2)OC1. The fraction of sp³-hybridized carbons (Fsp3) is 1.00. The maximum atomic E-state index is 5.84. The normalized spacial score (nSPS) is 36.3. The Kier molecular flexibility index (Phi) is 6.57. The van der Waals surface area contributed by atoms with Gasteiger partial charge in [-0.25, -0.2) is 0 Å². The lowest BCUT2D eigenvalue weighted by molar-refractivity contribution is -0.281. The summed E-state index contributed by atoms with van der Waals surface area (Å²) in [7, 11) is 0. The molecule has 2 fully saturated rings. The molecule has 0 aromatic carbocycles. The number of hydrogen-bond donors (Lipinski definition) is 0. The average molecular weight is 272 g/mol. The van der Waals surface area contributed by atoms with E-state index >= 15 is 0 Å². The number of unbranched alkanes of at least 4 members (excludes halogenated alkanes) is 1. The summed E-state index contributed by atoms with van der Waals surface area (Å²) < 4.78 is 23.1. The minimum atomic E-state index is -0.138. The molecule has 19 heavy (non-hydrogen) atoms. The van der Waals surface area contributed by atoms with Crippen LogP contribution in [0.4, 0.5) is 0 Å². The second-order valence-electron chi connectivity index (χ2n) is 5.69. The van der Waals surface area contributed by atoms with Gasteiger partial charge in [0.15, 0.2) is 12.6 Å². The molecule has 2 aliphatic heterocycles.